The van der Waals surface area contributed by atoms with Gasteiger partial charge >= 0.3 is 0 Å². The van der Waals surface area contributed by atoms with Crippen LogP contribution in [0.25, 0.3) is 11.1 Å². The summed E-state index contributed by atoms with van der Waals surface area (Å²) < 4.78 is 15.8. The molecule has 0 saturated heterocycles. The van der Waals surface area contributed by atoms with Crippen LogP contribution in [0, 0.1) is 18.3 Å². The highest BCUT2D eigenvalue weighted by Crippen LogP contribution is 2.40. The van der Waals surface area contributed by atoms with Crippen molar-refractivity contribution in [2.75, 3.05) is 20.0 Å². The number of ether oxygens (including phenoxy) is 2. The van der Waals surface area contributed by atoms with Crippen LogP contribution in [-0.2, 0) is 0 Å². The molecule has 0 fully saturated rings. The molecule has 19 heavy (non-hydrogen) atoms. The number of benzene rings is 1. The fourth-order valence-electron chi connectivity index (χ4n) is 2.06. The Morgan fingerprint density at radius 2 is 1.95 bits per heavy atom. The summed E-state index contributed by atoms with van der Waals surface area (Å²) in [7, 11) is 3.17. The van der Waals surface area contributed by atoms with Crippen LogP contribution < -0.4 is 15.2 Å². The minimum Gasteiger partial charge on any atom is -0.496 e. The fraction of sp³-hybridized carbons (Fsp3) is 0.214. The summed E-state index contributed by atoms with van der Waals surface area (Å²) in [6.07, 6.45) is 1.46. The number of methoxy groups -OCH3 is 2. The Labute approximate surface area is 111 Å². The summed E-state index contributed by atoms with van der Waals surface area (Å²) >= 11 is 0. The molecule has 98 valence electrons. The van der Waals surface area contributed by atoms with Crippen LogP contribution in [0.5, 0.6) is 11.5 Å². The van der Waals surface area contributed by atoms with Gasteiger partial charge in [0.15, 0.2) is 0 Å². The number of hydrogen-bond donors (Lipinski definition) is 1. The van der Waals surface area contributed by atoms with Gasteiger partial charge in [-0.05, 0) is 19.1 Å². The van der Waals surface area contributed by atoms with Gasteiger partial charge in [-0.1, -0.05) is 0 Å². The number of furan rings is 1. The van der Waals surface area contributed by atoms with E-state index in [0.717, 1.165) is 16.9 Å². The van der Waals surface area contributed by atoms with E-state index in [0.29, 0.717) is 16.9 Å². The van der Waals surface area contributed by atoms with Gasteiger partial charge in [0.1, 0.15) is 29.4 Å². The van der Waals surface area contributed by atoms with Crippen LogP contribution in [0.15, 0.2) is 22.8 Å². The van der Waals surface area contributed by atoms with E-state index in [1.54, 1.807) is 14.2 Å². The van der Waals surface area contributed by atoms with E-state index in [1.807, 2.05) is 25.1 Å². The van der Waals surface area contributed by atoms with E-state index in [2.05, 4.69) is 0 Å². The summed E-state index contributed by atoms with van der Waals surface area (Å²) in [5, 5.41) is 9.13. The average Bonchev–Trinajstić information content (AvgIpc) is 2.79. The Morgan fingerprint density at radius 1 is 1.21 bits per heavy atom. The zero-order valence-corrected chi connectivity index (χ0v) is 11.0. The molecule has 0 bridgehead atoms. The van der Waals surface area contributed by atoms with Crippen molar-refractivity contribution in [2.24, 2.45) is 0 Å². The van der Waals surface area contributed by atoms with E-state index in [1.165, 1.54) is 6.26 Å². The molecule has 2 rings (SSSR count). The average molecular weight is 258 g/mol. The first-order valence-electron chi connectivity index (χ1n) is 5.63. The molecule has 0 aliphatic carbocycles. The van der Waals surface area contributed by atoms with Gasteiger partial charge in [-0.3, -0.25) is 0 Å². The molecule has 0 aliphatic rings. The van der Waals surface area contributed by atoms with E-state index in [-0.39, 0.29) is 5.88 Å². The van der Waals surface area contributed by atoms with Crippen LogP contribution in [0.4, 0.5) is 5.88 Å². The fourth-order valence-corrected chi connectivity index (χ4v) is 2.06. The van der Waals surface area contributed by atoms with Crippen molar-refractivity contribution in [3.05, 3.63) is 29.5 Å². The first-order chi connectivity index (χ1) is 9.13. The van der Waals surface area contributed by atoms with Gasteiger partial charge in [0.05, 0.1) is 14.2 Å². The maximum atomic E-state index is 9.13. The third kappa shape index (κ3) is 1.97. The van der Waals surface area contributed by atoms with Crippen molar-refractivity contribution >= 4 is 5.88 Å². The van der Waals surface area contributed by atoms with Gasteiger partial charge in [-0.2, -0.15) is 5.26 Å². The summed E-state index contributed by atoms with van der Waals surface area (Å²) in [6.45, 7) is 1.89. The second kappa shape index (κ2) is 4.94. The predicted molar refractivity (Wildman–Crippen MR) is 71.1 cm³/mol. The van der Waals surface area contributed by atoms with E-state index >= 15 is 0 Å². The number of nitrogens with two attached hydrogens (primary N) is 1. The molecule has 1 aromatic carbocycles. The van der Waals surface area contributed by atoms with Gasteiger partial charge in [0, 0.05) is 16.7 Å². The molecule has 0 aliphatic heterocycles. The second-order valence-electron chi connectivity index (χ2n) is 3.97. The van der Waals surface area contributed by atoms with Gasteiger partial charge < -0.3 is 19.6 Å². The Bertz CT molecular complexity index is 653. The van der Waals surface area contributed by atoms with Crippen molar-refractivity contribution in [1.29, 1.82) is 5.26 Å². The van der Waals surface area contributed by atoms with E-state index < -0.39 is 0 Å². The number of nitrogen functional groups attached to an aromatic ring is 1. The zero-order chi connectivity index (χ0) is 14.0. The zero-order valence-electron chi connectivity index (χ0n) is 11.0. The molecule has 0 atom stereocenters. The number of anilines is 1. The molecule has 0 radical (unpaired) electrons. The molecular formula is C14H14N2O3. The highest BCUT2D eigenvalue weighted by atomic mass is 16.5. The third-order valence-electron chi connectivity index (χ3n) is 3.00. The maximum Gasteiger partial charge on any atom is 0.208 e. The highest BCUT2D eigenvalue weighted by molar-refractivity contribution is 5.80. The lowest BCUT2D eigenvalue weighted by molar-refractivity contribution is 0.390. The van der Waals surface area contributed by atoms with Crippen LogP contribution >= 0.6 is 0 Å². The summed E-state index contributed by atoms with van der Waals surface area (Å²) in [5.41, 5.74) is 8.14. The lowest BCUT2D eigenvalue weighted by atomic mass is 10.0. The standard InChI is InChI=1S/C14H14N2O3/c1-8-12(17-2)5-4-9(13(8)18-3)11-7-19-14(16)10(11)6-15/h4-5,7H,16H2,1-3H3. The first-order valence-corrected chi connectivity index (χ1v) is 5.63. The van der Waals surface area contributed by atoms with Gasteiger partial charge in [0.25, 0.3) is 0 Å². The Morgan fingerprint density at radius 3 is 2.53 bits per heavy atom. The molecule has 0 spiro atoms. The van der Waals surface area contributed by atoms with E-state index in [4.69, 9.17) is 24.9 Å². The number of hydrogen-bond acceptors (Lipinski definition) is 5. The van der Waals surface area contributed by atoms with Gasteiger partial charge in [0.2, 0.25) is 5.88 Å². The quantitative estimate of drug-likeness (QED) is 0.915. The van der Waals surface area contributed by atoms with Crippen LogP contribution in [0.2, 0.25) is 0 Å². The second-order valence-corrected chi connectivity index (χ2v) is 3.97. The summed E-state index contributed by atoms with van der Waals surface area (Å²) in [6, 6.07) is 5.67. The van der Waals surface area contributed by atoms with Crippen molar-refractivity contribution in [3.8, 4) is 28.7 Å². The molecule has 1 heterocycles. The lowest BCUT2D eigenvalue weighted by Gasteiger charge is -2.13. The molecule has 1 aromatic heterocycles. The lowest BCUT2D eigenvalue weighted by Crippen LogP contribution is -1.95. The van der Waals surface area contributed by atoms with Crippen LogP contribution in [0.3, 0.4) is 0 Å². The van der Waals surface area contributed by atoms with E-state index in [9.17, 15) is 0 Å². The Kier molecular flexibility index (Phi) is 3.34. The molecule has 2 N–H and O–H groups in total. The first kappa shape index (κ1) is 12.8. The minimum atomic E-state index is 0.105. The van der Waals surface area contributed by atoms with Crippen molar-refractivity contribution in [1.82, 2.24) is 0 Å². The Balaban J connectivity index is 2.70. The smallest absolute Gasteiger partial charge is 0.208 e. The summed E-state index contributed by atoms with van der Waals surface area (Å²) in [5.74, 6) is 1.46. The normalized spacial score (nSPS) is 10.0. The molecule has 5 heteroatoms. The molecule has 0 unspecified atom stereocenters. The maximum absolute atomic E-state index is 9.13. The summed E-state index contributed by atoms with van der Waals surface area (Å²) in [4.78, 5) is 0. The highest BCUT2D eigenvalue weighted by Gasteiger charge is 2.19. The topological polar surface area (TPSA) is 81.4 Å². The predicted octanol–water partition coefficient (Wildman–Crippen LogP) is 2.73. The van der Waals surface area contributed by atoms with Gasteiger partial charge in [-0.15, -0.1) is 0 Å². The molecule has 0 amide bonds. The minimum absolute atomic E-state index is 0.105. The largest absolute Gasteiger partial charge is 0.496 e. The van der Waals surface area contributed by atoms with Crippen molar-refractivity contribution < 1.29 is 13.9 Å². The van der Waals surface area contributed by atoms with Crippen molar-refractivity contribution in [2.45, 2.75) is 6.92 Å². The molecule has 2 aromatic rings. The SMILES string of the molecule is COc1ccc(-c2coc(N)c2C#N)c(OC)c1C. The van der Waals surface area contributed by atoms with Crippen LogP contribution in [-0.4, -0.2) is 14.2 Å². The third-order valence-corrected chi connectivity index (χ3v) is 3.00. The molecular weight excluding hydrogens is 244 g/mol. The monoisotopic (exact) mass is 258 g/mol. The van der Waals surface area contributed by atoms with Crippen LogP contribution in [0.1, 0.15) is 11.1 Å². The van der Waals surface area contributed by atoms with Gasteiger partial charge in [-0.25, -0.2) is 0 Å². The number of nitrogens with zero attached hydrogens (tertiary/aromatic N) is 1. The number of rotatable bonds is 3. The molecule has 0 saturated carbocycles. The molecule has 5 nitrogen and oxygen atoms in total. The Hall–Kier alpha value is -2.61. The number of nitriles is 1. The van der Waals surface area contributed by atoms with Crippen molar-refractivity contribution in [3.63, 3.8) is 0 Å².